The molecule has 0 atom stereocenters. The second-order valence-electron chi connectivity index (χ2n) is 7.70. The zero-order valence-electron chi connectivity index (χ0n) is 16.4. The molecule has 1 aromatic carbocycles. The Morgan fingerprint density at radius 1 is 1.12 bits per heavy atom. The van der Waals surface area contributed by atoms with E-state index in [0.29, 0.717) is 12.8 Å². The first-order valence-electron chi connectivity index (χ1n) is 8.80. The van der Waals surface area contributed by atoms with Crippen LogP contribution in [0.3, 0.4) is 0 Å². The maximum Gasteiger partial charge on any atom is 0.229 e. The zero-order chi connectivity index (χ0) is 19.5. The third kappa shape index (κ3) is 4.94. The van der Waals surface area contributed by atoms with Crippen molar-refractivity contribution in [3.8, 4) is 0 Å². The van der Waals surface area contributed by atoms with E-state index in [-0.39, 0.29) is 11.8 Å². The van der Waals surface area contributed by atoms with Crippen molar-refractivity contribution in [3.63, 3.8) is 0 Å². The molecule has 6 nitrogen and oxygen atoms in total. The SMILES string of the molecule is Cc1cc(NC(=O)CCc2n[nH]c(C)c2C)ccc1NC(=O)C(C)(C)C. The summed E-state index contributed by atoms with van der Waals surface area (Å²) in [6, 6.07) is 5.48. The topological polar surface area (TPSA) is 86.9 Å². The lowest BCUT2D eigenvalue weighted by molar-refractivity contribution is -0.123. The molecule has 1 heterocycles. The number of hydrogen-bond donors (Lipinski definition) is 3. The van der Waals surface area contributed by atoms with Gasteiger partial charge in [-0.25, -0.2) is 0 Å². The van der Waals surface area contributed by atoms with E-state index < -0.39 is 5.41 Å². The normalized spacial score (nSPS) is 11.3. The molecule has 0 spiro atoms. The predicted molar refractivity (Wildman–Crippen MR) is 104 cm³/mol. The molecular formula is C20H28N4O2. The first-order chi connectivity index (χ1) is 12.1. The van der Waals surface area contributed by atoms with Crippen LogP contribution in [0.1, 0.15) is 49.7 Å². The Labute approximate surface area is 154 Å². The minimum atomic E-state index is -0.456. The molecule has 1 aromatic heterocycles. The lowest BCUT2D eigenvalue weighted by Crippen LogP contribution is -2.27. The Kier molecular flexibility index (Phi) is 5.85. The molecule has 0 saturated heterocycles. The summed E-state index contributed by atoms with van der Waals surface area (Å²) < 4.78 is 0. The molecule has 3 N–H and O–H groups in total. The summed E-state index contributed by atoms with van der Waals surface area (Å²) in [5.41, 5.74) is 4.98. The highest BCUT2D eigenvalue weighted by molar-refractivity contribution is 5.96. The van der Waals surface area contributed by atoms with Gasteiger partial charge in [-0.15, -0.1) is 0 Å². The van der Waals surface area contributed by atoms with Gasteiger partial charge in [0.25, 0.3) is 0 Å². The average molecular weight is 356 g/mol. The number of H-pyrrole nitrogens is 1. The van der Waals surface area contributed by atoms with Crippen molar-refractivity contribution < 1.29 is 9.59 Å². The van der Waals surface area contributed by atoms with Crippen molar-refractivity contribution in [2.45, 2.75) is 54.4 Å². The van der Waals surface area contributed by atoms with Gasteiger partial charge in [0, 0.05) is 35.3 Å². The van der Waals surface area contributed by atoms with Gasteiger partial charge in [-0.2, -0.15) is 5.10 Å². The van der Waals surface area contributed by atoms with Crippen LogP contribution in [0.25, 0.3) is 0 Å². The van der Waals surface area contributed by atoms with Gasteiger partial charge in [-0.1, -0.05) is 20.8 Å². The Bertz CT molecular complexity index is 816. The van der Waals surface area contributed by atoms with Gasteiger partial charge in [0.05, 0.1) is 5.69 Å². The number of nitrogens with zero attached hydrogens (tertiary/aromatic N) is 1. The molecule has 0 bridgehead atoms. The van der Waals surface area contributed by atoms with Crippen LogP contribution in [0.2, 0.25) is 0 Å². The van der Waals surface area contributed by atoms with Crippen LogP contribution in [0, 0.1) is 26.2 Å². The molecule has 2 rings (SSSR count). The summed E-state index contributed by atoms with van der Waals surface area (Å²) in [6.07, 6.45) is 0.966. The highest BCUT2D eigenvalue weighted by atomic mass is 16.2. The van der Waals surface area contributed by atoms with Crippen molar-refractivity contribution in [3.05, 3.63) is 40.7 Å². The summed E-state index contributed by atoms with van der Waals surface area (Å²) >= 11 is 0. The number of carbonyl (C=O) groups excluding carboxylic acids is 2. The third-order valence-corrected chi connectivity index (χ3v) is 4.38. The molecule has 0 fully saturated rings. The minimum Gasteiger partial charge on any atom is -0.326 e. The quantitative estimate of drug-likeness (QED) is 0.759. The molecule has 0 unspecified atom stereocenters. The summed E-state index contributed by atoms with van der Waals surface area (Å²) in [5, 5.41) is 13.0. The fourth-order valence-corrected chi connectivity index (χ4v) is 2.43. The Morgan fingerprint density at radius 2 is 1.81 bits per heavy atom. The molecule has 2 aromatic rings. The molecule has 2 amide bonds. The van der Waals surface area contributed by atoms with Crippen LogP contribution >= 0.6 is 0 Å². The van der Waals surface area contributed by atoms with Gasteiger partial charge in [0.2, 0.25) is 11.8 Å². The number of hydrogen-bond acceptors (Lipinski definition) is 3. The van der Waals surface area contributed by atoms with E-state index >= 15 is 0 Å². The molecule has 0 aliphatic carbocycles. The summed E-state index contributed by atoms with van der Waals surface area (Å²) in [4.78, 5) is 24.3. The first-order valence-corrected chi connectivity index (χ1v) is 8.80. The van der Waals surface area contributed by atoms with Crippen molar-refractivity contribution in [2.75, 3.05) is 10.6 Å². The lowest BCUT2D eigenvalue weighted by atomic mass is 9.95. The van der Waals surface area contributed by atoms with E-state index in [0.717, 1.165) is 33.9 Å². The Hall–Kier alpha value is -2.63. The summed E-state index contributed by atoms with van der Waals surface area (Å²) in [7, 11) is 0. The number of rotatable bonds is 5. The van der Waals surface area contributed by atoms with Crippen LogP contribution < -0.4 is 10.6 Å². The van der Waals surface area contributed by atoms with Gasteiger partial charge in [0.1, 0.15) is 0 Å². The minimum absolute atomic E-state index is 0.0398. The number of carbonyl (C=O) groups is 2. The molecule has 6 heteroatoms. The number of aromatic amines is 1. The molecule has 140 valence electrons. The van der Waals surface area contributed by atoms with Crippen LogP contribution in [0.4, 0.5) is 11.4 Å². The van der Waals surface area contributed by atoms with Crippen LogP contribution in [-0.4, -0.2) is 22.0 Å². The fourth-order valence-electron chi connectivity index (χ4n) is 2.43. The predicted octanol–water partition coefficient (Wildman–Crippen LogP) is 3.89. The van der Waals surface area contributed by atoms with E-state index in [9.17, 15) is 9.59 Å². The monoisotopic (exact) mass is 356 g/mol. The molecule has 26 heavy (non-hydrogen) atoms. The van der Waals surface area contributed by atoms with Crippen molar-refractivity contribution in [2.24, 2.45) is 5.41 Å². The first kappa shape index (κ1) is 19.7. The Balaban J connectivity index is 1.95. The molecule has 0 saturated carbocycles. The molecular weight excluding hydrogens is 328 g/mol. The largest absolute Gasteiger partial charge is 0.326 e. The summed E-state index contributed by atoms with van der Waals surface area (Å²) in [5.74, 6) is -0.0991. The van der Waals surface area contributed by atoms with Crippen molar-refractivity contribution in [1.82, 2.24) is 10.2 Å². The number of amides is 2. The van der Waals surface area contributed by atoms with E-state index in [2.05, 4.69) is 20.8 Å². The number of anilines is 2. The van der Waals surface area contributed by atoms with Gasteiger partial charge >= 0.3 is 0 Å². The standard InChI is InChI=1S/C20H28N4O2/c1-12-11-15(7-8-16(12)22-19(26)20(4,5)6)21-18(25)10-9-17-13(2)14(3)23-24-17/h7-8,11H,9-10H2,1-6H3,(H,21,25)(H,22,26)(H,23,24). The number of benzene rings is 1. The number of aromatic nitrogens is 2. The smallest absolute Gasteiger partial charge is 0.229 e. The summed E-state index contributed by atoms with van der Waals surface area (Å²) in [6.45, 7) is 11.5. The average Bonchev–Trinajstić information content (AvgIpc) is 2.86. The maximum absolute atomic E-state index is 12.2. The van der Waals surface area contributed by atoms with E-state index in [1.807, 2.05) is 53.7 Å². The zero-order valence-corrected chi connectivity index (χ0v) is 16.4. The van der Waals surface area contributed by atoms with E-state index in [1.54, 1.807) is 6.07 Å². The maximum atomic E-state index is 12.2. The molecule has 0 aliphatic rings. The molecule has 0 radical (unpaired) electrons. The number of aryl methyl sites for hydroxylation is 3. The highest BCUT2D eigenvalue weighted by Gasteiger charge is 2.21. The van der Waals surface area contributed by atoms with Crippen LogP contribution in [-0.2, 0) is 16.0 Å². The third-order valence-electron chi connectivity index (χ3n) is 4.38. The van der Waals surface area contributed by atoms with Crippen LogP contribution in [0.5, 0.6) is 0 Å². The second-order valence-corrected chi connectivity index (χ2v) is 7.70. The van der Waals surface area contributed by atoms with Crippen molar-refractivity contribution >= 4 is 23.2 Å². The van der Waals surface area contributed by atoms with Gasteiger partial charge in [-0.05, 0) is 50.1 Å². The lowest BCUT2D eigenvalue weighted by Gasteiger charge is -2.19. The van der Waals surface area contributed by atoms with Gasteiger partial charge in [-0.3, -0.25) is 14.7 Å². The van der Waals surface area contributed by atoms with Gasteiger partial charge < -0.3 is 10.6 Å². The van der Waals surface area contributed by atoms with E-state index in [4.69, 9.17) is 0 Å². The van der Waals surface area contributed by atoms with Crippen molar-refractivity contribution in [1.29, 1.82) is 0 Å². The fraction of sp³-hybridized carbons (Fsp3) is 0.450. The van der Waals surface area contributed by atoms with E-state index in [1.165, 1.54) is 0 Å². The van der Waals surface area contributed by atoms with Gasteiger partial charge in [0.15, 0.2) is 0 Å². The highest BCUT2D eigenvalue weighted by Crippen LogP contribution is 2.23. The Morgan fingerprint density at radius 3 is 2.35 bits per heavy atom. The molecule has 0 aliphatic heterocycles. The second kappa shape index (κ2) is 7.72. The number of nitrogens with one attached hydrogen (secondary N) is 3. The van der Waals surface area contributed by atoms with Crippen LogP contribution in [0.15, 0.2) is 18.2 Å².